The Morgan fingerprint density at radius 3 is 2.81 bits per heavy atom. The Labute approximate surface area is 121 Å². The highest BCUT2D eigenvalue weighted by atomic mass is 16.5. The van der Waals surface area contributed by atoms with Gasteiger partial charge in [-0.3, -0.25) is 14.8 Å². The van der Waals surface area contributed by atoms with E-state index in [9.17, 15) is 4.79 Å². The summed E-state index contributed by atoms with van der Waals surface area (Å²) >= 11 is 0. The predicted octanol–water partition coefficient (Wildman–Crippen LogP) is 2.31. The highest BCUT2D eigenvalue weighted by Crippen LogP contribution is 2.25. The number of ether oxygens (including phenoxy) is 1. The van der Waals surface area contributed by atoms with Gasteiger partial charge in [-0.05, 0) is 18.2 Å². The minimum atomic E-state index is -0.526. The molecule has 2 heterocycles. The van der Waals surface area contributed by atoms with E-state index >= 15 is 0 Å². The van der Waals surface area contributed by atoms with E-state index in [1.165, 1.54) is 0 Å². The Morgan fingerprint density at radius 1 is 1.19 bits per heavy atom. The highest BCUT2D eigenvalue weighted by molar-refractivity contribution is 6.00. The zero-order chi connectivity index (χ0) is 14.7. The van der Waals surface area contributed by atoms with Crippen molar-refractivity contribution in [3.63, 3.8) is 0 Å². The van der Waals surface area contributed by atoms with Crippen LogP contribution in [0.15, 0.2) is 55.0 Å². The summed E-state index contributed by atoms with van der Waals surface area (Å²) in [6, 6.07) is 10.8. The number of rotatable bonds is 4. The Balaban J connectivity index is 1.96. The van der Waals surface area contributed by atoms with E-state index in [0.29, 0.717) is 17.9 Å². The van der Waals surface area contributed by atoms with Crippen LogP contribution >= 0.6 is 0 Å². The number of primary amides is 1. The van der Waals surface area contributed by atoms with E-state index in [4.69, 9.17) is 10.5 Å². The van der Waals surface area contributed by atoms with Crippen molar-refractivity contribution in [2.24, 2.45) is 5.73 Å². The maximum atomic E-state index is 11.6. The fraction of sp³-hybridized carbons (Fsp3) is 0.0625. The van der Waals surface area contributed by atoms with Crippen LogP contribution in [0.1, 0.15) is 15.9 Å². The van der Waals surface area contributed by atoms with Gasteiger partial charge in [0.05, 0.1) is 11.1 Å². The molecule has 0 fully saturated rings. The molecule has 0 aliphatic heterocycles. The SMILES string of the molecule is NC(=O)c1cc2cccnc2cc1OCc1cccnc1. The zero-order valence-electron chi connectivity index (χ0n) is 11.2. The lowest BCUT2D eigenvalue weighted by Crippen LogP contribution is -2.13. The number of fused-ring (bicyclic) bond motifs is 1. The van der Waals surface area contributed by atoms with Crippen molar-refractivity contribution in [1.82, 2.24) is 9.97 Å². The van der Waals surface area contributed by atoms with Crippen LogP contribution in [0.3, 0.4) is 0 Å². The first-order valence-electron chi connectivity index (χ1n) is 6.44. The molecule has 3 aromatic rings. The van der Waals surface area contributed by atoms with Gasteiger partial charge in [-0.15, -0.1) is 0 Å². The Hall–Kier alpha value is -2.95. The number of nitrogens with two attached hydrogens (primary N) is 1. The molecule has 0 saturated carbocycles. The number of hydrogen-bond donors (Lipinski definition) is 1. The van der Waals surface area contributed by atoms with Crippen LogP contribution < -0.4 is 10.5 Å². The number of carbonyl (C=O) groups excluding carboxylic acids is 1. The molecule has 0 aliphatic carbocycles. The first kappa shape index (κ1) is 13.1. The van der Waals surface area contributed by atoms with Gasteiger partial charge in [0.1, 0.15) is 12.4 Å². The van der Waals surface area contributed by atoms with Crippen molar-refractivity contribution in [1.29, 1.82) is 0 Å². The number of amides is 1. The minimum absolute atomic E-state index is 0.312. The van der Waals surface area contributed by atoms with Crippen LogP contribution in [0.5, 0.6) is 5.75 Å². The largest absolute Gasteiger partial charge is 0.488 e. The third kappa shape index (κ3) is 2.81. The molecule has 21 heavy (non-hydrogen) atoms. The molecular weight excluding hydrogens is 266 g/mol. The fourth-order valence-corrected chi connectivity index (χ4v) is 2.06. The molecule has 0 saturated heterocycles. The van der Waals surface area contributed by atoms with Gasteiger partial charge >= 0.3 is 0 Å². The molecule has 5 nitrogen and oxygen atoms in total. The van der Waals surface area contributed by atoms with Crippen LogP contribution in [0.4, 0.5) is 0 Å². The van der Waals surface area contributed by atoms with Gasteiger partial charge in [0.15, 0.2) is 0 Å². The molecule has 0 radical (unpaired) electrons. The Kier molecular flexibility index (Phi) is 3.47. The molecule has 1 aromatic carbocycles. The lowest BCUT2D eigenvalue weighted by atomic mass is 10.1. The molecule has 2 N–H and O–H groups in total. The van der Waals surface area contributed by atoms with Crippen molar-refractivity contribution in [3.8, 4) is 5.75 Å². The number of aromatic nitrogens is 2. The number of nitrogens with zero attached hydrogens (tertiary/aromatic N) is 2. The summed E-state index contributed by atoms with van der Waals surface area (Å²) in [5.74, 6) is -0.0977. The van der Waals surface area contributed by atoms with Crippen molar-refractivity contribution in [2.75, 3.05) is 0 Å². The molecule has 1 amide bonds. The summed E-state index contributed by atoms with van der Waals surface area (Å²) in [5.41, 5.74) is 7.43. The second-order valence-electron chi connectivity index (χ2n) is 4.56. The summed E-state index contributed by atoms with van der Waals surface area (Å²) in [5, 5.41) is 0.847. The molecule has 0 atom stereocenters. The monoisotopic (exact) mass is 279 g/mol. The van der Waals surface area contributed by atoms with Gasteiger partial charge in [0, 0.05) is 35.6 Å². The Bertz CT molecular complexity index is 788. The normalized spacial score (nSPS) is 10.5. The van der Waals surface area contributed by atoms with Crippen molar-refractivity contribution in [3.05, 3.63) is 66.1 Å². The first-order chi connectivity index (χ1) is 10.2. The number of benzene rings is 1. The van der Waals surface area contributed by atoms with Crippen LogP contribution in [0.2, 0.25) is 0 Å². The fourth-order valence-electron chi connectivity index (χ4n) is 2.06. The molecule has 0 bridgehead atoms. The van der Waals surface area contributed by atoms with Crippen LogP contribution in [0.25, 0.3) is 10.9 Å². The van der Waals surface area contributed by atoms with Gasteiger partial charge < -0.3 is 10.5 Å². The Morgan fingerprint density at radius 2 is 2.05 bits per heavy atom. The second-order valence-corrected chi connectivity index (χ2v) is 4.56. The third-order valence-electron chi connectivity index (χ3n) is 3.09. The van der Waals surface area contributed by atoms with Crippen molar-refractivity contribution >= 4 is 16.8 Å². The van der Waals surface area contributed by atoms with Gasteiger partial charge in [0.25, 0.3) is 5.91 Å². The number of hydrogen-bond acceptors (Lipinski definition) is 4. The summed E-state index contributed by atoms with van der Waals surface area (Å²) in [4.78, 5) is 19.9. The first-order valence-corrected chi connectivity index (χ1v) is 6.44. The lowest BCUT2D eigenvalue weighted by molar-refractivity contribution is 0.0996. The molecule has 0 aliphatic rings. The molecule has 0 unspecified atom stereocenters. The summed E-state index contributed by atoms with van der Waals surface area (Å²) in [6.45, 7) is 0.312. The van der Waals surface area contributed by atoms with Crippen molar-refractivity contribution < 1.29 is 9.53 Å². The van der Waals surface area contributed by atoms with E-state index in [0.717, 1.165) is 16.5 Å². The third-order valence-corrected chi connectivity index (χ3v) is 3.09. The quantitative estimate of drug-likeness (QED) is 0.795. The molecular formula is C16H13N3O2. The van der Waals surface area contributed by atoms with Crippen LogP contribution in [-0.4, -0.2) is 15.9 Å². The lowest BCUT2D eigenvalue weighted by Gasteiger charge is -2.10. The minimum Gasteiger partial charge on any atom is -0.488 e. The average Bonchev–Trinajstić information content (AvgIpc) is 2.53. The molecule has 0 spiro atoms. The smallest absolute Gasteiger partial charge is 0.252 e. The van der Waals surface area contributed by atoms with Gasteiger partial charge in [-0.25, -0.2) is 0 Å². The zero-order valence-corrected chi connectivity index (χ0v) is 11.2. The summed E-state index contributed by atoms with van der Waals surface area (Å²) in [6.07, 6.45) is 5.10. The summed E-state index contributed by atoms with van der Waals surface area (Å²) in [7, 11) is 0. The number of pyridine rings is 2. The van der Waals surface area contributed by atoms with Crippen LogP contribution in [0, 0.1) is 0 Å². The molecule has 2 aromatic heterocycles. The van der Waals surface area contributed by atoms with Crippen LogP contribution in [-0.2, 0) is 6.61 Å². The van der Waals surface area contributed by atoms with E-state index in [1.54, 1.807) is 30.7 Å². The molecule has 3 rings (SSSR count). The van der Waals surface area contributed by atoms with E-state index < -0.39 is 5.91 Å². The standard InChI is InChI=1S/C16H13N3O2/c17-16(20)13-7-12-4-2-6-19-14(12)8-15(13)21-10-11-3-1-5-18-9-11/h1-9H,10H2,(H2,17,20). The summed E-state index contributed by atoms with van der Waals surface area (Å²) < 4.78 is 5.71. The van der Waals surface area contributed by atoms with Gasteiger partial charge in [0.2, 0.25) is 0 Å². The van der Waals surface area contributed by atoms with E-state index in [1.807, 2.05) is 24.3 Å². The maximum absolute atomic E-state index is 11.6. The van der Waals surface area contributed by atoms with E-state index in [2.05, 4.69) is 9.97 Å². The van der Waals surface area contributed by atoms with Gasteiger partial charge in [-0.2, -0.15) is 0 Å². The number of carbonyl (C=O) groups is 1. The highest BCUT2D eigenvalue weighted by Gasteiger charge is 2.12. The van der Waals surface area contributed by atoms with E-state index in [-0.39, 0.29) is 0 Å². The topological polar surface area (TPSA) is 78.1 Å². The van der Waals surface area contributed by atoms with Crippen molar-refractivity contribution in [2.45, 2.75) is 6.61 Å². The predicted molar refractivity (Wildman–Crippen MR) is 78.8 cm³/mol. The molecule has 5 heteroatoms. The second kappa shape index (κ2) is 5.58. The average molecular weight is 279 g/mol. The molecule has 104 valence electrons. The van der Waals surface area contributed by atoms with Gasteiger partial charge in [-0.1, -0.05) is 12.1 Å². The maximum Gasteiger partial charge on any atom is 0.252 e.